The maximum atomic E-state index is 11.5. The number of nitrogens with zero attached hydrogens (tertiary/aromatic N) is 1. The van der Waals surface area contributed by atoms with E-state index in [0.717, 1.165) is 6.42 Å². The first kappa shape index (κ1) is 12.1. The van der Waals surface area contributed by atoms with Crippen LogP contribution >= 0.6 is 35.1 Å². The van der Waals surface area contributed by atoms with E-state index < -0.39 is 3.67 Å². The van der Waals surface area contributed by atoms with Gasteiger partial charge in [-0.2, -0.15) is 0 Å². The molecule has 2 rings (SSSR count). The average Bonchev–Trinajstić information content (AvgIpc) is 2.50. The van der Waals surface area contributed by atoms with E-state index in [1.54, 1.807) is 4.31 Å². The minimum atomic E-state index is -0.978. The molecule has 0 unspecified atom stereocenters. The first-order chi connectivity index (χ1) is 7.57. The fraction of sp³-hybridized carbons (Fsp3) is 0.364. The van der Waals surface area contributed by atoms with Crippen LogP contribution in [0.25, 0.3) is 0 Å². The maximum Gasteiger partial charge on any atom is 0.236 e. The van der Waals surface area contributed by atoms with E-state index in [1.165, 1.54) is 17.5 Å². The van der Waals surface area contributed by atoms with Gasteiger partial charge in [0.05, 0.1) is 6.42 Å². The summed E-state index contributed by atoms with van der Waals surface area (Å²) >= 11 is 13.0. The number of halogens is 2. The second-order valence-electron chi connectivity index (χ2n) is 3.64. The van der Waals surface area contributed by atoms with Gasteiger partial charge in [0.15, 0.2) is 3.67 Å². The molecule has 0 bridgehead atoms. The summed E-state index contributed by atoms with van der Waals surface area (Å²) in [5.74, 6) is 0.00549. The van der Waals surface area contributed by atoms with Gasteiger partial charge in [-0.3, -0.25) is 9.10 Å². The minimum Gasteiger partial charge on any atom is -0.283 e. The predicted molar refractivity (Wildman–Crippen MR) is 68.5 cm³/mol. The highest BCUT2D eigenvalue weighted by atomic mass is 35.5. The van der Waals surface area contributed by atoms with E-state index in [-0.39, 0.29) is 12.3 Å². The lowest BCUT2D eigenvalue weighted by molar-refractivity contribution is -0.124. The second-order valence-corrected chi connectivity index (χ2v) is 6.89. The zero-order valence-corrected chi connectivity index (χ0v) is 10.9. The summed E-state index contributed by atoms with van der Waals surface area (Å²) in [6.07, 6.45) is 1.01. The van der Waals surface area contributed by atoms with Gasteiger partial charge in [-0.05, 0) is 23.9 Å². The summed E-state index contributed by atoms with van der Waals surface area (Å²) in [7, 11) is 0. The Hall–Kier alpha value is -0.380. The van der Waals surface area contributed by atoms with Crippen molar-refractivity contribution in [3.05, 3.63) is 35.9 Å². The third-order valence-corrected chi connectivity index (χ3v) is 4.02. The summed E-state index contributed by atoms with van der Waals surface area (Å²) in [6.45, 7) is 0.648. The van der Waals surface area contributed by atoms with Gasteiger partial charge in [-0.15, -0.1) is 0 Å². The highest BCUT2D eigenvalue weighted by molar-refractivity contribution is 8.02. The number of carbonyl (C=O) groups excluding carboxylic acids is 1. The van der Waals surface area contributed by atoms with Crippen LogP contribution in [0.4, 0.5) is 0 Å². The molecule has 1 aliphatic heterocycles. The summed E-state index contributed by atoms with van der Waals surface area (Å²) < 4.78 is 0.667. The highest BCUT2D eigenvalue weighted by Crippen LogP contribution is 2.46. The Balaban J connectivity index is 1.90. The van der Waals surface area contributed by atoms with Gasteiger partial charge in [0.2, 0.25) is 5.91 Å². The van der Waals surface area contributed by atoms with Gasteiger partial charge in [0, 0.05) is 6.54 Å². The van der Waals surface area contributed by atoms with Crippen molar-refractivity contribution in [2.24, 2.45) is 0 Å². The predicted octanol–water partition coefficient (Wildman–Crippen LogP) is 3.24. The molecule has 1 heterocycles. The topological polar surface area (TPSA) is 20.3 Å². The van der Waals surface area contributed by atoms with E-state index >= 15 is 0 Å². The highest BCUT2D eigenvalue weighted by Gasteiger charge is 2.41. The van der Waals surface area contributed by atoms with Crippen molar-refractivity contribution in [1.29, 1.82) is 0 Å². The van der Waals surface area contributed by atoms with Crippen molar-refractivity contribution in [1.82, 2.24) is 4.31 Å². The SMILES string of the molecule is O=C1CC(Cl)(Cl)SN1CCc1ccccc1. The van der Waals surface area contributed by atoms with Gasteiger partial charge in [0.1, 0.15) is 0 Å². The Labute approximate surface area is 109 Å². The number of hydrogen-bond donors (Lipinski definition) is 0. The molecule has 0 N–H and O–H groups in total. The van der Waals surface area contributed by atoms with Crippen molar-refractivity contribution >= 4 is 41.1 Å². The summed E-state index contributed by atoms with van der Waals surface area (Å²) in [6, 6.07) is 10.0. The van der Waals surface area contributed by atoms with Crippen LogP contribution in [0, 0.1) is 0 Å². The van der Waals surface area contributed by atoms with Crippen LogP contribution in [0.2, 0.25) is 0 Å². The lowest BCUT2D eigenvalue weighted by atomic mass is 10.1. The summed E-state index contributed by atoms with van der Waals surface area (Å²) in [5.41, 5.74) is 1.21. The first-order valence-corrected chi connectivity index (χ1v) is 6.51. The van der Waals surface area contributed by atoms with Crippen molar-refractivity contribution in [3.63, 3.8) is 0 Å². The largest absolute Gasteiger partial charge is 0.283 e. The molecule has 5 heteroatoms. The van der Waals surface area contributed by atoms with Crippen LogP contribution in [0.5, 0.6) is 0 Å². The van der Waals surface area contributed by atoms with Crippen molar-refractivity contribution in [3.8, 4) is 0 Å². The third kappa shape index (κ3) is 3.06. The Morgan fingerprint density at radius 2 is 2.00 bits per heavy atom. The molecule has 0 radical (unpaired) electrons. The first-order valence-electron chi connectivity index (χ1n) is 4.98. The van der Waals surface area contributed by atoms with E-state index in [4.69, 9.17) is 23.2 Å². The number of rotatable bonds is 3. The molecule has 16 heavy (non-hydrogen) atoms. The van der Waals surface area contributed by atoms with Crippen LogP contribution in [-0.2, 0) is 11.2 Å². The van der Waals surface area contributed by atoms with Gasteiger partial charge < -0.3 is 0 Å². The molecule has 2 nitrogen and oxygen atoms in total. The lowest BCUT2D eigenvalue weighted by Crippen LogP contribution is -2.20. The van der Waals surface area contributed by atoms with Crippen LogP contribution in [0.3, 0.4) is 0 Å². The number of alkyl halides is 2. The molecule has 0 aliphatic carbocycles. The molecule has 0 spiro atoms. The average molecular weight is 276 g/mol. The number of amides is 1. The molecule has 1 aromatic carbocycles. The van der Waals surface area contributed by atoms with Gasteiger partial charge in [-0.1, -0.05) is 53.5 Å². The molecule has 86 valence electrons. The number of benzene rings is 1. The van der Waals surface area contributed by atoms with Crippen LogP contribution < -0.4 is 0 Å². The lowest BCUT2D eigenvalue weighted by Gasteiger charge is -2.15. The quantitative estimate of drug-likeness (QED) is 0.624. The standard InChI is InChI=1S/C11H11Cl2NOS/c12-11(13)8-10(15)14(16-11)7-6-9-4-2-1-3-5-9/h1-5H,6-8H2. The Kier molecular flexibility index (Phi) is 3.67. The van der Waals surface area contributed by atoms with Crippen LogP contribution in [-0.4, -0.2) is 20.4 Å². The fourth-order valence-electron chi connectivity index (χ4n) is 1.55. The molecule has 0 saturated carbocycles. The van der Waals surface area contributed by atoms with E-state index in [0.29, 0.717) is 6.54 Å². The fourth-order valence-corrected chi connectivity index (χ4v) is 3.14. The minimum absolute atomic E-state index is 0.00549. The van der Waals surface area contributed by atoms with Gasteiger partial charge in [0.25, 0.3) is 0 Å². The zero-order chi connectivity index (χ0) is 11.6. The zero-order valence-electron chi connectivity index (χ0n) is 8.53. The molecule has 0 atom stereocenters. The molecular weight excluding hydrogens is 265 g/mol. The second kappa shape index (κ2) is 4.86. The Morgan fingerprint density at radius 1 is 1.31 bits per heavy atom. The van der Waals surface area contributed by atoms with Crippen LogP contribution in [0.15, 0.2) is 30.3 Å². The van der Waals surface area contributed by atoms with Crippen molar-refractivity contribution in [2.45, 2.75) is 16.5 Å². The van der Waals surface area contributed by atoms with Crippen molar-refractivity contribution < 1.29 is 4.79 Å². The van der Waals surface area contributed by atoms with Crippen LogP contribution in [0.1, 0.15) is 12.0 Å². The molecule has 1 saturated heterocycles. The monoisotopic (exact) mass is 275 g/mol. The Bertz CT molecular complexity index is 383. The van der Waals surface area contributed by atoms with Crippen molar-refractivity contribution in [2.75, 3.05) is 6.54 Å². The molecular formula is C11H11Cl2NOS. The normalized spacial score (nSPS) is 19.1. The number of hydrogen-bond acceptors (Lipinski definition) is 2. The van der Waals surface area contributed by atoms with Gasteiger partial charge >= 0.3 is 0 Å². The molecule has 0 aromatic heterocycles. The van der Waals surface area contributed by atoms with E-state index in [1.807, 2.05) is 30.3 Å². The van der Waals surface area contributed by atoms with Gasteiger partial charge in [-0.25, -0.2) is 0 Å². The Morgan fingerprint density at radius 3 is 2.56 bits per heavy atom. The maximum absolute atomic E-state index is 11.5. The molecule has 1 amide bonds. The summed E-state index contributed by atoms with van der Waals surface area (Å²) in [4.78, 5) is 11.5. The van der Waals surface area contributed by atoms with E-state index in [9.17, 15) is 4.79 Å². The third-order valence-electron chi connectivity index (χ3n) is 2.33. The molecule has 1 aliphatic rings. The smallest absolute Gasteiger partial charge is 0.236 e. The molecule has 1 aromatic rings. The van der Waals surface area contributed by atoms with E-state index in [2.05, 4.69) is 0 Å². The number of carbonyl (C=O) groups is 1. The molecule has 1 fully saturated rings. The summed E-state index contributed by atoms with van der Waals surface area (Å²) in [5, 5.41) is 0.